The van der Waals surface area contributed by atoms with Crippen molar-refractivity contribution in [3.8, 4) is 0 Å². The van der Waals surface area contributed by atoms with E-state index in [0.717, 1.165) is 6.07 Å². The summed E-state index contributed by atoms with van der Waals surface area (Å²) >= 11 is -2.15. The van der Waals surface area contributed by atoms with Gasteiger partial charge in [-0.05, 0) is 41.8 Å². The van der Waals surface area contributed by atoms with Gasteiger partial charge in [0, 0.05) is 31.0 Å². The molecular formula is C18H20F3N4O3S-. The van der Waals surface area contributed by atoms with Gasteiger partial charge in [0.1, 0.15) is 11.5 Å². The summed E-state index contributed by atoms with van der Waals surface area (Å²) in [6.07, 6.45) is -4.29. The fraction of sp³-hybridized carbons (Fsp3) is 0.333. The standard InChI is InChI=1S/C18H21F3N4O3S/c19-18(20,21)15-8-13(10-22)9-16(25-15)24-11-12-3-1-4-14(7-12)17(26)23-5-2-6-29(27)28/h1,3-4,7-9H,2,5-6,10-11,22H2,(H,23,26)(H,24,25)(H,27,28)/p-1. The van der Waals surface area contributed by atoms with E-state index in [-0.39, 0.29) is 37.1 Å². The topological polar surface area (TPSA) is 120 Å². The smallest absolute Gasteiger partial charge is 0.433 e. The lowest BCUT2D eigenvalue weighted by molar-refractivity contribution is -0.141. The predicted octanol–water partition coefficient (Wildman–Crippen LogP) is 2.17. The van der Waals surface area contributed by atoms with Crippen LogP contribution in [0.3, 0.4) is 0 Å². The first-order valence-electron chi connectivity index (χ1n) is 8.64. The highest BCUT2D eigenvalue weighted by Crippen LogP contribution is 2.29. The Balaban J connectivity index is 2.02. The number of anilines is 1. The van der Waals surface area contributed by atoms with Crippen LogP contribution < -0.4 is 16.4 Å². The summed E-state index contributed by atoms with van der Waals surface area (Å²) in [7, 11) is 0. The largest absolute Gasteiger partial charge is 0.772 e. The van der Waals surface area contributed by atoms with Crippen molar-refractivity contribution in [1.82, 2.24) is 10.3 Å². The number of amides is 1. The van der Waals surface area contributed by atoms with Crippen LogP contribution in [0.15, 0.2) is 36.4 Å². The second-order valence-corrected chi connectivity index (χ2v) is 7.13. The lowest BCUT2D eigenvalue weighted by atomic mass is 10.1. The van der Waals surface area contributed by atoms with E-state index in [0.29, 0.717) is 23.1 Å². The molecule has 2 rings (SSSR count). The molecule has 0 radical (unpaired) electrons. The number of halogens is 3. The van der Waals surface area contributed by atoms with E-state index in [1.807, 2.05) is 0 Å². The Kier molecular flexibility index (Phi) is 8.11. The van der Waals surface area contributed by atoms with Crippen LogP contribution in [0.2, 0.25) is 0 Å². The zero-order chi connectivity index (χ0) is 21.4. The van der Waals surface area contributed by atoms with Crippen molar-refractivity contribution < 1.29 is 26.7 Å². The highest BCUT2D eigenvalue weighted by molar-refractivity contribution is 7.79. The molecular weight excluding hydrogens is 409 g/mol. The Hall–Kier alpha value is -2.50. The van der Waals surface area contributed by atoms with E-state index in [1.165, 1.54) is 6.07 Å². The Morgan fingerprint density at radius 1 is 1.21 bits per heavy atom. The van der Waals surface area contributed by atoms with Crippen LogP contribution in [0.4, 0.5) is 19.0 Å². The molecule has 0 fully saturated rings. The zero-order valence-corrected chi connectivity index (χ0v) is 16.1. The molecule has 2 aromatic rings. The predicted molar refractivity (Wildman–Crippen MR) is 102 cm³/mol. The number of carbonyl (C=O) groups is 1. The molecule has 4 N–H and O–H groups in total. The van der Waals surface area contributed by atoms with Gasteiger partial charge in [0.25, 0.3) is 5.91 Å². The Morgan fingerprint density at radius 2 is 1.97 bits per heavy atom. The third-order valence-corrected chi connectivity index (χ3v) is 4.47. The maximum absolute atomic E-state index is 13.0. The molecule has 0 aliphatic heterocycles. The van der Waals surface area contributed by atoms with E-state index in [9.17, 15) is 26.7 Å². The molecule has 0 aliphatic carbocycles. The van der Waals surface area contributed by atoms with Crippen LogP contribution in [0, 0.1) is 0 Å². The van der Waals surface area contributed by atoms with E-state index >= 15 is 0 Å². The van der Waals surface area contributed by atoms with Gasteiger partial charge < -0.3 is 20.9 Å². The molecule has 0 bridgehead atoms. The first-order valence-corrected chi connectivity index (χ1v) is 9.88. The minimum Gasteiger partial charge on any atom is -0.772 e. The van der Waals surface area contributed by atoms with Gasteiger partial charge in [-0.3, -0.25) is 9.00 Å². The second kappa shape index (κ2) is 10.3. The summed E-state index contributed by atoms with van der Waals surface area (Å²) in [5.74, 6) is -0.383. The van der Waals surface area contributed by atoms with Crippen molar-refractivity contribution >= 4 is 22.8 Å². The summed E-state index contributed by atoms with van der Waals surface area (Å²) < 4.78 is 59.8. The van der Waals surface area contributed by atoms with Crippen molar-refractivity contribution in [1.29, 1.82) is 0 Å². The summed E-state index contributed by atoms with van der Waals surface area (Å²) in [4.78, 5) is 15.7. The molecule has 1 heterocycles. The number of aromatic nitrogens is 1. The van der Waals surface area contributed by atoms with Crippen LogP contribution in [0.25, 0.3) is 0 Å². The number of nitrogens with two attached hydrogens (primary N) is 1. The van der Waals surface area contributed by atoms with E-state index in [2.05, 4.69) is 15.6 Å². The number of nitrogens with zero attached hydrogens (tertiary/aromatic N) is 1. The number of rotatable bonds is 9. The minimum atomic E-state index is -4.59. The van der Waals surface area contributed by atoms with Gasteiger partial charge in [-0.15, -0.1) is 0 Å². The van der Waals surface area contributed by atoms with Gasteiger partial charge in [-0.2, -0.15) is 13.2 Å². The Bertz CT molecular complexity index is 878. The van der Waals surface area contributed by atoms with Crippen molar-refractivity contribution in [3.05, 3.63) is 58.8 Å². The lowest BCUT2D eigenvalue weighted by Gasteiger charge is -2.12. The molecule has 1 unspecified atom stereocenters. The number of hydrogen-bond donors (Lipinski definition) is 3. The number of carbonyl (C=O) groups excluding carboxylic acids is 1. The molecule has 0 spiro atoms. The zero-order valence-electron chi connectivity index (χ0n) is 15.3. The number of nitrogens with one attached hydrogen (secondary N) is 2. The Labute approximate surface area is 168 Å². The third kappa shape index (κ3) is 7.44. The van der Waals surface area contributed by atoms with E-state index < -0.39 is 23.0 Å². The van der Waals surface area contributed by atoms with Crippen molar-refractivity contribution in [2.75, 3.05) is 17.6 Å². The van der Waals surface area contributed by atoms with Gasteiger partial charge >= 0.3 is 6.18 Å². The number of hydrogen-bond acceptors (Lipinski definition) is 6. The average molecular weight is 429 g/mol. The molecule has 29 heavy (non-hydrogen) atoms. The van der Waals surface area contributed by atoms with Crippen LogP contribution in [0.1, 0.15) is 33.6 Å². The van der Waals surface area contributed by atoms with Gasteiger partial charge in [-0.1, -0.05) is 23.2 Å². The van der Waals surface area contributed by atoms with Crippen LogP contribution in [-0.2, 0) is 30.3 Å². The summed E-state index contributed by atoms with van der Waals surface area (Å²) in [5, 5.41) is 5.42. The minimum absolute atomic E-state index is 0.0285. The summed E-state index contributed by atoms with van der Waals surface area (Å²) in [6, 6.07) is 8.86. The quantitative estimate of drug-likeness (QED) is 0.415. The lowest BCUT2D eigenvalue weighted by Crippen LogP contribution is -2.25. The molecule has 158 valence electrons. The highest BCUT2D eigenvalue weighted by atomic mass is 32.2. The molecule has 1 atom stereocenters. The first kappa shape index (κ1) is 22.8. The molecule has 0 aliphatic rings. The van der Waals surface area contributed by atoms with Gasteiger partial charge in [-0.25, -0.2) is 4.98 Å². The van der Waals surface area contributed by atoms with Crippen LogP contribution in [-0.4, -0.2) is 32.0 Å². The molecule has 1 aromatic carbocycles. The SMILES string of the molecule is NCc1cc(NCc2cccc(C(=O)NCCCS(=O)[O-])c2)nc(C(F)(F)F)c1. The first-order chi connectivity index (χ1) is 13.7. The number of pyridine rings is 1. The van der Waals surface area contributed by atoms with Crippen molar-refractivity contribution in [2.45, 2.75) is 25.7 Å². The third-order valence-electron chi connectivity index (χ3n) is 3.85. The highest BCUT2D eigenvalue weighted by Gasteiger charge is 2.33. The molecule has 0 saturated heterocycles. The Morgan fingerprint density at radius 3 is 2.62 bits per heavy atom. The molecule has 1 aromatic heterocycles. The molecule has 1 amide bonds. The maximum atomic E-state index is 13.0. The molecule has 7 nitrogen and oxygen atoms in total. The molecule has 0 saturated carbocycles. The fourth-order valence-electron chi connectivity index (χ4n) is 2.45. The monoisotopic (exact) mass is 429 g/mol. The van der Waals surface area contributed by atoms with Gasteiger partial charge in [0.05, 0.1) is 0 Å². The van der Waals surface area contributed by atoms with Crippen molar-refractivity contribution in [2.24, 2.45) is 5.73 Å². The number of benzene rings is 1. The van der Waals surface area contributed by atoms with E-state index in [1.54, 1.807) is 24.3 Å². The molecule has 11 heteroatoms. The normalized spacial score (nSPS) is 12.4. The van der Waals surface area contributed by atoms with Gasteiger partial charge in [0.2, 0.25) is 0 Å². The maximum Gasteiger partial charge on any atom is 0.433 e. The number of alkyl halides is 3. The van der Waals surface area contributed by atoms with Crippen molar-refractivity contribution in [3.63, 3.8) is 0 Å². The van der Waals surface area contributed by atoms with Crippen LogP contribution >= 0.6 is 0 Å². The summed E-state index contributed by atoms with van der Waals surface area (Å²) in [5.41, 5.74) is 5.73. The fourth-order valence-corrected chi connectivity index (χ4v) is 2.83. The second-order valence-electron chi connectivity index (χ2n) is 6.12. The van der Waals surface area contributed by atoms with E-state index in [4.69, 9.17) is 5.73 Å². The van der Waals surface area contributed by atoms with Crippen LogP contribution in [0.5, 0.6) is 0 Å². The average Bonchev–Trinajstić information content (AvgIpc) is 2.68. The van der Waals surface area contributed by atoms with Gasteiger partial charge in [0.15, 0.2) is 0 Å². The summed E-state index contributed by atoms with van der Waals surface area (Å²) in [6.45, 7) is 0.301.